The van der Waals surface area contributed by atoms with Gasteiger partial charge in [-0.05, 0) is 33.0 Å². The second kappa shape index (κ2) is 8.48. The standard InChI is InChI=1S/C14H25N5/c1-12(2)19(4)10-9-17-14(15-3)18-11-13-7-5-6-8-16-13/h5-8,12H,9-11H2,1-4H3,(H2,15,17,18). The largest absolute Gasteiger partial charge is 0.355 e. The van der Waals surface area contributed by atoms with E-state index in [0.717, 1.165) is 24.7 Å². The van der Waals surface area contributed by atoms with Gasteiger partial charge in [-0.15, -0.1) is 0 Å². The van der Waals surface area contributed by atoms with E-state index >= 15 is 0 Å². The third kappa shape index (κ3) is 6.20. The van der Waals surface area contributed by atoms with Crippen LogP contribution in [0.25, 0.3) is 0 Å². The number of nitrogens with zero attached hydrogens (tertiary/aromatic N) is 3. The summed E-state index contributed by atoms with van der Waals surface area (Å²) < 4.78 is 0. The maximum Gasteiger partial charge on any atom is 0.191 e. The maximum atomic E-state index is 4.26. The first kappa shape index (κ1) is 15.4. The van der Waals surface area contributed by atoms with Gasteiger partial charge in [0.2, 0.25) is 0 Å². The number of guanidine groups is 1. The number of nitrogens with one attached hydrogen (secondary N) is 2. The average Bonchev–Trinajstić information content (AvgIpc) is 2.43. The molecular formula is C14H25N5. The predicted octanol–water partition coefficient (Wildman–Crippen LogP) is 1.09. The molecule has 0 aliphatic heterocycles. The van der Waals surface area contributed by atoms with Crippen LogP contribution in [0.15, 0.2) is 29.4 Å². The number of aromatic nitrogens is 1. The third-order valence-electron chi connectivity index (χ3n) is 3.03. The summed E-state index contributed by atoms with van der Waals surface area (Å²) >= 11 is 0. The van der Waals surface area contributed by atoms with E-state index in [9.17, 15) is 0 Å². The van der Waals surface area contributed by atoms with Gasteiger partial charge in [0, 0.05) is 32.4 Å². The molecule has 0 radical (unpaired) electrons. The summed E-state index contributed by atoms with van der Waals surface area (Å²) in [5.41, 5.74) is 1.00. The van der Waals surface area contributed by atoms with Crippen molar-refractivity contribution in [3.8, 4) is 0 Å². The van der Waals surface area contributed by atoms with Gasteiger partial charge in [-0.1, -0.05) is 6.07 Å². The molecule has 19 heavy (non-hydrogen) atoms. The summed E-state index contributed by atoms with van der Waals surface area (Å²) in [5, 5.41) is 6.54. The highest BCUT2D eigenvalue weighted by atomic mass is 15.2. The van der Waals surface area contributed by atoms with Crippen LogP contribution in [-0.4, -0.2) is 49.1 Å². The number of hydrogen-bond donors (Lipinski definition) is 2. The maximum absolute atomic E-state index is 4.26. The Bertz CT molecular complexity index is 375. The fourth-order valence-corrected chi connectivity index (χ4v) is 1.51. The number of aliphatic imine (C=N–C) groups is 1. The molecule has 0 saturated carbocycles. The molecule has 106 valence electrons. The lowest BCUT2D eigenvalue weighted by Crippen LogP contribution is -2.41. The van der Waals surface area contributed by atoms with Gasteiger partial charge in [0.05, 0.1) is 12.2 Å². The van der Waals surface area contributed by atoms with Gasteiger partial charge >= 0.3 is 0 Å². The highest BCUT2D eigenvalue weighted by molar-refractivity contribution is 5.79. The molecule has 0 aliphatic rings. The van der Waals surface area contributed by atoms with Crippen LogP contribution >= 0.6 is 0 Å². The summed E-state index contributed by atoms with van der Waals surface area (Å²) in [6.07, 6.45) is 1.80. The van der Waals surface area contributed by atoms with Crippen molar-refractivity contribution in [2.75, 3.05) is 27.2 Å². The predicted molar refractivity (Wildman–Crippen MR) is 80.2 cm³/mol. The Morgan fingerprint density at radius 2 is 2.16 bits per heavy atom. The Morgan fingerprint density at radius 1 is 1.37 bits per heavy atom. The van der Waals surface area contributed by atoms with Gasteiger partial charge in [0.25, 0.3) is 0 Å². The van der Waals surface area contributed by atoms with Gasteiger partial charge in [0.1, 0.15) is 0 Å². The van der Waals surface area contributed by atoms with Crippen molar-refractivity contribution < 1.29 is 0 Å². The number of hydrogen-bond acceptors (Lipinski definition) is 3. The van der Waals surface area contributed by atoms with Crippen molar-refractivity contribution in [2.24, 2.45) is 4.99 Å². The van der Waals surface area contributed by atoms with E-state index in [1.165, 1.54) is 0 Å². The van der Waals surface area contributed by atoms with E-state index in [1.807, 2.05) is 18.2 Å². The number of rotatable bonds is 6. The van der Waals surface area contributed by atoms with Crippen LogP contribution in [0.2, 0.25) is 0 Å². The minimum atomic E-state index is 0.560. The van der Waals surface area contributed by atoms with Crippen molar-refractivity contribution in [3.63, 3.8) is 0 Å². The van der Waals surface area contributed by atoms with Crippen molar-refractivity contribution in [1.29, 1.82) is 0 Å². The molecule has 1 heterocycles. The first-order valence-corrected chi connectivity index (χ1v) is 6.68. The fraction of sp³-hybridized carbons (Fsp3) is 0.571. The zero-order chi connectivity index (χ0) is 14.1. The van der Waals surface area contributed by atoms with Crippen molar-refractivity contribution in [1.82, 2.24) is 20.5 Å². The van der Waals surface area contributed by atoms with Gasteiger partial charge in [-0.3, -0.25) is 9.98 Å². The molecule has 5 nitrogen and oxygen atoms in total. The molecule has 0 fully saturated rings. The van der Waals surface area contributed by atoms with Crippen LogP contribution in [0.5, 0.6) is 0 Å². The second-order valence-electron chi connectivity index (χ2n) is 4.75. The normalized spacial score (nSPS) is 12.0. The topological polar surface area (TPSA) is 52.6 Å². The lowest BCUT2D eigenvalue weighted by atomic mass is 10.3. The Kier molecular flexibility index (Phi) is 6.89. The summed E-state index contributed by atoms with van der Waals surface area (Å²) in [4.78, 5) is 10.7. The molecule has 5 heteroatoms. The fourth-order valence-electron chi connectivity index (χ4n) is 1.51. The van der Waals surface area contributed by atoms with Crippen molar-refractivity contribution >= 4 is 5.96 Å². The number of likely N-dealkylation sites (N-methyl/N-ethyl adjacent to an activating group) is 1. The van der Waals surface area contributed by atoms with Crippen molar-refractivity contribution in [2.45, 2.75) is 26.4 Å². The third-order valence-corrected chi connectivity index (χ3v) is 3.03. The summed E-state index contributed by atoms with van der Waals surface area (Å²) in [5.74, 6) is 0.808. The molecule has 0 aromatic carbocycles. The minimum Gasteiger partial charge on any atom is -0.355 e. The van der Waals surface area contributed by atoms with Crippen LogP contribution in [0, 0.1) is 0 Å². The van der Waals surface area contributed by atoms with E-state index in [4.69, 9.17) is 0 Å². The second-order valence-corrected chi connectivity index (χ2v) is 4.75. The molecule has 0 aliphatic carbocycles. The summed E-state index contributed by atoms with van der Waals surface area (Å²) in [7, 11) is 3.90. The van der Waals surface area contributed by atoms with Crippen LogP contribution in [0.3, 0.4) is 0 Å². The lowest BCUT2D eigenvalue weighted by Gasteiger charge is -2.21. The van der Waals surface area contributed by atoms with Crippen LogP contribution in [0.1, 0.15) is 19.5 Å². The quantitative estimate of drug-likeness (QED) is 0.596. The molecule has 0 spiro atoms. The SMILES string of the molecule is CN=C(NCCN(C)C(C)C)NCc1ccccn1. The molecule has 1 rings (SSSR count). The van der Waals surface area contributed by atoms with Crippen LogP contribution < -0.4 is 10.6 Å². The van der Waals surface area contributed by atoms with E-state index in [0.29, 0.717) is 12.6 Å². The molecule has 0 saturated heterocycles. The zero-order valence-electron chi connectivity index (χ0n) is 12.3. The molecule has 0 atom stereocenters. The highest BCUT2D eigenvalue weighted by Crippen LogP contribution is 1.92. The molecule has 0 amide bonds. The molecule has 1 aromatic heterocycles. The lowest BCUT2D eigenvalue weighted by molar-refractivity contribution is 0.278. The van der Waals surface area contributed by atoms with Gasteiger partial charge in [-0.25, -0.2) is 0 Å². The van der Waals surface area contributed by atoms with E-state index < -0.39 is 0 Å². The Morgan fingerprint density at radius 3 is 2.74 bits per heavy atom. The van der Waals surface area contributed by atoms with E-state index in [2.05, 4.69) is 46.4 Å². The van der Waals surface area contributed by atoms with Crippen LogP contribution in [-0.2, 0) is 6.54 Å². The molecule has 1 aromatic rings. The molecule has 2 N–H and O–H groups in total. The first-order chi connectivity index (χ1) is 9.13. The zero-order valence-corrected chi connectivity index (χ0v) is 12.3. The summed E-state index contributed by atoms with van der Waals surface area (Å²) in [6, 6.07) is 6.45. The van der Waals surface area contributed by atoms with Crippen molar-refractivity contribution in [3.05, 3.63) is 30.1 Å². The Balaban J connectivity index is 2.27. The monoisotopic (exact) mass is 263 g/mol. The van der Waals surface area contributed by atoms with Gasteiger partial charge in [0.15, 0.2) is 5.96 Å². The molecular weight excluding hydrogens is 238 g/mol. The molecule has 0 unspecified atom stereocenters. The molecule has 0 bridgehead atoms. The highest BCUT2D eigenvalue weighted by Gasteiger charge is 2.03. The minimum absolute atomic E-state index is 0.560. The average molecular weight is 263 g/mol. The van der Waals surface area contributed by atoms with Crippen LogP contribution in [0.4, 0.5) is 0 Å². The van der Waals surface area contributed by atoms with E-state index in [-0.39, 0.29) is 0 Å². The summed E-state index contributed by atoms with van der Waals surface area (Å²) in [6.45, 7) is 6.92. The van der Waals surface area contributed by atoms with Gasteiger partial charge < -0.3 is 15.5 Å². The number of pyridine rings is 1. The van der Waals surface area contributed by atoms with E-state index in [1.54, 1.807) is 13.2 Å². The first-order valence-electron chi connectivity index (χ1n) is 6.68. The Hall–Kier alpha value is -1.62. The Labute approximate surface area is 116 Å². The van der Waals surface area contributed by atoms with Gasteiger partial charge in [-0.2, -0.15) is 0 Å². The smallest absolute Gasteiger partial charge is 0.191 e.